The van der Waals surface area contributed by atoms with Crippen LogP contribution in [0.3, 0.4) is 0 Å². The average Bonchev–Trinajstić information content (AvgIpc) is 3.92. The number of thioether (sulfide) groups is 1. The van der Waals surface area contributed by atoms with Gasteiger partial charge in [0.15, 0.2) is 0 Å². The molecule has 0 N–H and O–H groups in total. The molecule has 4 aromatic heterocycles. The smallest absolute Gasteiger partial charge is 0.354 e. The number of hydrogen-bond acceptors (Lipinski definition) is 11. The number of carbonyl (C=O) groups excluding carboxylic acids is 2. The van der Waals surface area contributed by atoms with Gasteiger partial charge in [-0.15, -0.1) is 11.8 Å². The summed E-state index contributed by atoms with van der Waals surface area (Å²) in [7, 11) is 9.01. The number of nitrogens with zero attached hydrogens (tertiary/aromatic N) is 7. The normalized spacial score (nSPS) is 12.6. The van der Waals surface area contributed by atoms with Gasteiger partial charge in [0.2, 0.25) is 0 Å². The molecule has 0 saturated heterocycles. The maximum Gasteiger partial charge on any atom is 0.354 e. The number of methoxy groups -OCH3 is 2. The lowest BCUT2D eigenvalue weighted by atomic mass is 9.95. The predicted octanol–water partition coefficient (Wildman–Crippen LogP) is 9.11. The maximum absolute atomic E-state index is 13.3. The van der Waals surface area contributed by atoms with Crippen molar-refractivity contribution in [3.8, 4) is 22.6 Å². The number of ether oxygens (including phenoxy) is 4. The number of esters is 2. The Morgan fingerprint density at radius 2 is 1.79 bits per heavy atom. The van der Waals surface area contributed by atoms with Crippen molar-refractivity contribution in [2.24, 2.45) is 14.1 Å². The molecule has 8 rings (SSSR count). The van der Waals surface area contributed by atoms with Crippen LogP contribution in [0.4, 0.5) is 0 Å². The van der Waals surface area contributed by atoms with Crippen molar-refractivity contribution in [1.82, 2.24) is 34.0 Å². The molecule has 0 spiro atoms. The Morgan fingerprint density at radius 1 is 0.968 bits per heavy atom. The third kappa shape index (κ3) is 9.44. The molecule has 328 valence electrons. The van der Waals surface area contributed by atoms with E-state index in [4.69, 9.17) is 40.7 Å². The van der Waals surface area contributed by atoms with Gasteiger partial charge in [0.1, 0.15) is 29.3 Å². The van der Waals surface area contributed by atoms with Crippen molar-refractivity contribution >= 4 is 57.1 Å². The predicted molar refractivity (Wildman–Crippen MR) is 245 cm³/mol. The number of benzene rings is 3. The zero-order valence-corrected chi connectivity index (χ0v) is 38.1. The molecule has 0 amide bonds. The van der Waals surface area contributed by atoms with Gasteiger partial charge in [0, 0.05) is 90.8 Å². The first kappa shape index (κ1) is 43.8. The molecule has 1 aliphatic heterocycles. The summed E-state index contributed by atoms with van der Waals surface area (Å²) in [5.74, 6) is 1.50. The van der Waals surface area contributed by atoms with Crippen molar-refractivity contribution in [1.29, 1.82) is 0 Å². The number of aromatic nitrogens is 6. The van der Waals surface area contributed by atoms with Crippen LogP contribution >= 0.6 is 23.4 Å². The summed E-state index contributed by atoms with van der Waals surface area (Å²) in [4.78, 5) is 32.8. The Labute approximate surface area is 376 Å². The fraction of sp³-hybridized carbons (Fsp3) is 0.354. The summed E-state index contributed by atoms with van der Waals surface area (Å²) in [5, 5.41) is 12.7. The van der Waals surface area contributed by atoms with Crippen LogP contribution in [0, 0.1) is 0 Å². The number of rotatable bonds is 17. The van der Waals surface area contributed by atoms with Crippen LogP contribution in [0.2, 0.25) is 5.02 Å². The molecule has 0 radical (unpaired) electrons. The van der Waals surface area contributed by atoms with E-state index in [1.807, 2.05) is 65.8 Å². The largest absolute Gasteiger partial charge is 0.497 e. The molecule has 0 bridgehead atoms. The van der Waals surface area contributed by atoms with Crippen molar-refractivity contribution in [3.63, 3.8) is 0 Å². The van der Waals surface area contributed by atoms with Crippen LogP contribution < -0.4 is 9.47 Å². The molecule has 63 heavy (non-hydrogen) atoms. The van der Waals surface area contributed by atoms with Crippen LogP contribution in [0.25, 0.3) is 32.9 Å². The summed E-state index contributed by atoms with van der Waals surface area (Å²) >= 11 is 8.93. The topological polar surface area (TPSA) is 128 Å². The molecule has 3 aromatic carbocycles. The van der Waals surface area contributed by atoms with E-state index in [2.05, 4.69) is 45.9 Å². The molecular weight excluding hydrogens is 838 g/mol. The van der Waals surface area contributed by atoms with E-state index in [9.17, 15) is 9.59 Å². The van der Waals surface area contributed by atoms with Crippen LogP contribution in [-0.4, -0.2) is 73.8 Å². The molecule has 0 atom stereocenters. The van der Waals surface area contributed by atoms with Gasteiger partial charge in [0.25, 0.3) is 0 Å². The fourth-order valence-corrected chi connectivity index (χ4v) is 9.83. The first-order valence-electron chi connectivity index (χ1n) is 21.1. The number of carbonyl (C=O) groups is 2. The zero-order valence-electron chi connectivity index (χ0n) is 36.6. The molecule has 13 nitrogen and oxygen atoms in total. The lowest BCUT2D eigenvalue weighted by molar-refractivity contribution is -0.141. The number of pyridine rings is 1. The molecule has 0 aliphatic carbocycles. The summed E-state index contributed by atoms with van der Waals surface area (Å²) in [6, 6.07) is 22.2. The minimum absolute atomic E-state index is 0.252. The Hall–Kier alpha value is -5.83. The Kier molecular flexibility index (Phi) is 13.4. The lowest BCUT2D eigenvalue weighted by Crippen LogP contribution is -2.18. The highest BCUT2D eigenvalue weighted by atomic mass is 35.5. The van der Waals surface area contributed by atoms with Crippen LogP contribution in [0.1, 0.15) is 70.6 Å². The second-order valence-electron chi connectivity index (χ2n) is 15.9. The monoisotopic (exact) mass is 889 g/mol. The zero-order chi connectivity index (χ0) is 44.2. The third-order valence-corrected chi connectivity index (χ3v) is 12.9. The Bertz CT molecular complexity index is 2800. The second-order valence-corrected chi connectivity index (χ2v) is 17.4. The van der Waals surface area contributed by atoms with Gasteiger partial charge in [-0.3, -0.25) is 24.0 Å². The van der Waals surface area contributed by atoms with Gasteiger partial charge in [-0.2, -0.15) is 10.2 Å². The van der Waals surface area contributed by atoms with Gasteiger partial charge in [-0.05, 0) is 92.7 Å². The standard InChI is InChI=1S/C48H52ClN7O6S/c1-30(57)61-22-10-12-37-38-18-19-39(49)43(46(38)54(3)47(37)48(58)60-6)44-40(52-56-21-8-7-13-41(44)56)27-53(2)26-33-24-34(55(4)51-33)29-63-36-23-32-11-9-20-50-45(32)42(25-36)62-28-31-14-16-35(59-5)17-15-31/h9,11,14-20,23-25H,7-8,10,12-13,21-22,26-29H2,1-6H3. The highest BCUT2D eigenvalue weighted by molar-refractivity contribution is 7.98. The molecule has 0 unspecified atom stereocenters. The van der Waals surface area contributed by atoms with E-state index in [-0.39, 0.29) is 12.6 Å². The Balaban J connectivity index is 1.03. The van der Waals surface area contributed by atoms with Crippen molar-refractivity contribution < 1.29 is 28.5 Å². The summed E-state index contributed by atoms with van der Waals surface area (Å²) in [6.45, 7) is 4.04. The molecular formula is C48H52ClN7O6S. The van der Waals surface area contributed by atoms with E-state index >= 15 is 0 Å². The average molecular weight is 891 g/mol. The fourth-order valence-electron chi connectivity index (χ4n) is 8.59. The van der Waals surface area contributed by atoms with Crippen molar-refractivity contribution in [2.45, 2.75) is 75.9 Å². The van der Waals surface area contributed by atoms with Gasteiger partial charge in [-0.25, -0.2) is 4.79 Å². The second kappa shape index (κ2) is 19.3. The minimum atomic E-state index is -0.433. The highest BCUT2D eigenvalue weighted by Crippen LogP contribution is 2.43. The molecule has 0 fully saturated rings. The van der Waals surface area contributed by atoms with Crippen molar-refractivity contribution in [3.05, 3.63) is 118 Å². The summed E-state index contributed by atoms with van der Waals surface area (Å²) in [5.41, 5.74) is 10.00. The number of hydrogen-bond donors (Lipinski definition) is 0. The highest BCUT2D eigenvalue weighted by Gasteiger charge is 2.30. The maximum atomic E-state index is 13.3. The van der Waals surface area contributed by atoms with E-state index in [0.717, 1.165) is 109 Å². The van der Waals surface area contributed by atoms with Crippen molar-refractivity contribution in [2.75, 3.05) is 27.9 Å². The van der Waals surface area contributed by atoms with E-state index in [1.54, 1.807) is 25.1 Å². The first-order valence-corrected chi connectivity index (χ1v) is 22.5. The molecule has 7 aromatic rings. The molecule has 1 aliphatic rings. The van der Waals surface area contributed by atoms with E-state index in [1.165, 1.54) is 14.0 Å². The molecule has 15 heteroatoms. The van der Waals surface area contributed by atoms with Gasteiger partial charge in [0.05, 0.1) is 42.8 Å². The quantitative estimate of drug-likeness (QED) is 0.0494. The van der Waals surface area contributed by atoms with Gasteiger partial charge in [-0.1, -0.05) is 35.9 Å². The van der Waals surface area contributed by atoms with Crippen LogP contribution in [0.5, 0.6) is 11.5 Å². The summed E-state index contributed by atoms with van der Waals surface area (Å²) < 4.78 is 28.2. The van der Waals surface area contributed by atoms with Gasteiger partial charge < -0.3 is 23.5 Å². The first-order chi connectivity index (χ1) is 30.5. The molecule has 5 heterocycles. The summed E-state index contributed by atoms with van der Waals surface area (Å²) in [6.07, 6.45) is 5.83. The van der Waals surface area contributed by atoms with E-state index in [0.29, 0.717) is 49.0 Å². The number of halogens is 1. The third-order valence-electron chi connectivity index (χ3n) is 11.5. The Morgan fingerprint density at radius 3 is 2.57 bits per heavy atom. The van der Waals surface area contributed by atoms with Crippen LogP contribution in [-0.2, 0) is 73.2 Å². The van der Waals surface area contributed by atoms with E-state index < -0.39 is 5.97 Å². The van der Waals surface area contributed by atoms with Crippen LogP contribution in [0.15, 0.2) is 77.8 Å². The number of aryl methyl sites for hydroxylation is 4. The lowest BCUT2D eigenvalue weighted by Gasteiger charge is -2.18. The SMILES string of the molecule is COC(=O)c1c(CCCOC(C)=O)c2ccc(Cl)c(-c3c(CN(C)Cc4cc(CSc5cc(OCc6ccc(OC)cc6)c6ncccc6c5)n(C)n4)nn4c3CCCC4)c2n1C. The minimum Gasteiger partial charge on any atom is -0.497 e. The molecule has 0 saturated carbocycles. The number of fused-ring (bicyclic) bond motifs is 3. The van der Waals surface area contributed by atoms with Gasteiger partial charge >= 0.3 is 11.9 Å².